The van der Waals surface area contributed by atoms with Crippen molar-refractivity contribution in [2.24, 2.45) is 5.92 Å². The predicted octanol–water partition coefficient (Wildman–Crippen LogP) is 2.76. The second kappa shape index (κ2) is 4.26. The van der Waals surface area contributed by atoms with E-state index in [0.717, 1.165) is 28.7 Å². The maximum Gasteiger partial charge on any atom is 0.130 e. The molecule has 2 rings (SSSR count). The van der Waals surface area contributed by atoms with Crippen LogP contribution < -0.4 is 5.32 Å². The second-order valence-electron chi connectivity index (χ2n) is 3.78. The standard InChI is InChI=1S/C10H14BrN3/c1-7-13-9(11)6-10(14-7)12-5-4-8-2-3-8/h6,8H,2-5H2,1H3,(H,12,13,14). The molecule has 0 saturated heterocycles. The molecule has 3 nitrogen and oxygen atoms in total. The summed E-state index contributed by atoms with van der Waals surface area (Å²) in [4.78, 5) is 8.45. The molecule has 1 saturated carbocycles. The highest BCUT2D eigenvalue weighted by Gasteiger charge is 2.20. The zero-order valence-corrected chi connectivity index (χ0v) is 9.84. The number of rotatable bonds is 4. The van der Waals surface area contributed by atoms with Crippen molar-refractivity contribution in [1.29, 1.82) is 0 Å². The van der Waals surface area contributed by atoms with Crippen molar-refractivity contribution < 1.29 is 0 Å². The topological polar surface area (TPSA) is 37.8 Å². The lowest BCUT2D eigenvalue weighted by Crippen LogP contribution is -2.05. The van der Waals surface area contributed by atoms with Crippen LogP contribution in [0.4, 0.5) is 5.82 Å². The molecule has 1 aliphatic carbocycles. The number of hydrogen-bond donors (Lipinski definition) is 1. The van der Waals surface area contributed by atoms with E-state index in [0.29, 0.717) is 0 Å². The number of anilines is 1. The van der Waals surface area contributed by atoms with E-state index in [4.69, 9.17) is 0 Å². The lowest BCUT2D eigenvalue weighted by atomic mass is 10.3. The van der Waals surface area contributed by atoms with Gasteiger partial charge in [0.1, 0.15) is 16.2 Å². The number of hydrogen-bond acceptors (Lipinski definition) is 3. The fourth-order valence-electron chi connectivity index (χ4n) is 1.43. The summed E-state index contributed by atoms with van der Waals surface area (Å²) in [6.45, 7) is 2.92. The molecule has 1 aromatic heterocycles. The minimum atomic E-state index is 0.799. The molecule has 1 fully saturated rings. The van der Waals surface area contributed by atoms with Gasteiger partial charge in [-0.05, 0) is 35.2 Å². The lowest BCUT2D eigenvalue weighted by Gasteiger charge is -2.05. The highest BCUT2D eigenvalue weighted by molar-refractivity contribution is 9.10. The van der Waals surface area contributed by atoms with Gasteiger partial charge in [0, 0.05) is 12.6 Å². The quantitative estimate of drug-likeness (QED) is 0.842. The summed E-state index contributed by atoms with van der Waals surface area (Å²) in [5, 5.41) is 3.32. The first-order valence-corrected chi connectivity index (χ1v) is 5.78. The van der Waals surface area contributed by atoms with Crippen LogP contribution in [0.3, 0.4) is 0 Å². The van der Waals surface area contributed by atoms with Crippen LogP contribution in [0, 0.1) is 12.8 Å². The van der Waals surface area contributed by atoms with Crippen molar-refractivity contribution in [2.75, 3.05) is 11.9 Å². The van der Waals surface area contributed by atoms with Gasteiger partial charge in [-0.1, -0.05) is 12.8 Å². The summed E-state index contributed by atoms with van der Waals surface area (Å²) in [6.07, 6.45) is 4.09. The largest absolute Gasteiger partial charge is 0.370 e. The van der Waals surface area contributed by atoms with Crippen LogP contribution in [0.25, 0.3) is 0 Å². The van der Waals surface area contributed by atoms with Crippen LogP contribution in [0.2, 0.25) is 0 Å². The third-order valence-corrected chi connectivity index (χ3v) is 2.77. The molecule has 4 heteroatoms. The number of aromatic nitrogens is 2. The molecule has 1 aromatic rings. The Labute approximate surface area is 92.5 Å². The van der Waals surface area contributed by atoms with Gasteiger partial charge < -0.3 is 5.32 Å². The minimum Gasteiger partial charge on any atom is -0.370 e. The molecule has 0 spiro atoms. The molecule has 76 valence electrons. The van der Waals surface area contributed by atoms with Crippen LogP contribution in [0.1, 0.15) is 25.1 Å². The molecule has 0 radical (unpaired) electrons. The van der Waals surface area contributed by atoms with Crippen molar-refractivity contribution >= 4 is 21.7 Å². The zero-order valence-electron chi connectivity index (χ0n) is 8.26. The number of halogens is 1. The van der Waals surface area contributed by atoms with Gasteiger partial charge >= 0.3 is 0 Å². The monoisotopic (exact) mass is 255 g/mol. The molecule has 0 aliphatic heterocycles. The lowest BCUT2D eigenvalue weighted by molar-refractivity contribution is 0.757. The summed E-state index contributed by atoms with van der Waals surface area (Å²) in [6, 6.07) is 1.92. The highest BCUT2D eigenvalue weighted by atomic mass is 79.9. The second-order valence-corrected chi connectivity index (χ2v) is 4.59. The maximum atomic E-state index is 4.30. The SMILES string of the molecule is Cc1nc(Br)cc(NCCC2CC2)n1. The molecule has 0 atom stereocenters. The van der Waals surface area contributed by atoms with E-state index in [1.165, 1.54) is 19.3 Å². The minimum absolute atomic E-state index is 0.799. The van der Waals surface area contributed by atoms with Crippen molar-refractivity contribution in [3.05, 3.63) is 16.5 Å². The first-order valence-electron chi connectivity index (χ1n) is 4.99. The van der Waals surface area contributed by atoms with E-state index >= 15 is 0 Å². The Bertz CT molecular complexity index is 303. The number of nitrogens with zero attached hydrogens (tertiary/aromatic N) is 2. The van der Waals surface area contributed by atoms with Gasteiger partial charge in [-0.15, -0.1) is 0 Å². The van der Waals surface area contributed by atoms with Gasteiger partial charge in [0.25, 0.3) is 0 Å². The van der Waals surface area contributed by atoms with Crippen LogP contribution in [-0.4, -0.2) is 16.5 Å². The Hall–Kier alpha value is -0.640. The van der Waals surface area contributed by atoms with Gasteiger partial charge in [-0.3, -0.25) is 0 Å². The van der Waals surface area contributed by atoms with Crippen molar-refractivity contribution in [3.8, 4) is 0 Å². The van der Waals surface area contributed by atoms with E-state index in [9.17, 15) is 0 Å². The predicted molar refractivity (Wildman–Crippen MR) is 60.3 cm³/mol. The first kappa shape index (κ1) is 9.90. The molecule has 1 aliphatic rings. The van der Waals surface area contributed by atoms with Crippen LogP contribution >= 0.6 is 15.9 Å². The summed E-state index contributed by atoms with van der Waals surface area (Å²) < 4.78 is 0.846. The van der Waals surface area contributed by atoms with E-state index in [-0.39, 0.29) is 0 Å². The fraction of sp³-hybridized carbons (Fsp3) is 0.600. The normalized spacial score (nSPS) is 15.6. The van der Waals surface area contributed by atoms with E-state index in [2.05, 4.69) is 31.2 Å². The van der Waals surface area contributed by atoms with E-state index in [1.54, 1.807) is 0 Å². The van der Waals surface area contributed by atoms with Gasteiger partial charge in [0.15, 0.2) is 0 Å². The highest BCUT2D eigenvalue weighted by Crippen LogP contribution is 2.32. The Morgan fingerprint density at radius 1 is 1.50 bits per heavy atom. The molecule has 0 aromatic carbocycles. The number of aryl methyl sites for hydroxylation is 1. The van der Waals surface area contributed by atoms with E-state index < -0.39 is 0 Å². The molecule has 1 heterocycles. The molecule has 0 bridgehead atoms. The van der Waals surface area contributed by atoms with Gasteiger partial charge in [0.05, 0.1) is 0 Å². The Kier molecular flexibility index (Phi) is 3.01. The van der Waals surface area contributed by atoms with Crippen LogP contribution in [-0.2, 0) is 0 Å². The molecule has 0 unspecified atom stereocenters. The van der Waals surface area contributed by atoms with Gasteiger partial charge in [0.2, 0.25) is 0 Å². The summed E-state index contributed by atoms with van der Waals surface area (Å²) in [5.41, 5.74) is 0. The first-order chi connectivity index (χ1) is 6.74. The smallest absolute Gasteiger partial charge is 0.130 e. The molecular formula is C10H14BrN3. The Balaban J connectivity index is 1.87. The van der Waals surface area contributed by atoms with Crippen molar-refractivity contribution in [1.82, 2.24) is 9.97 Å². The van der Waals surface area contributed by atoms with Gasteiger partial charge in [-0.2, -0.15) is 0 Å². The number of nitrogens with one attached hydrogen (secondary N) is 1. The molecular weight excluding hydrogens is 242 g/mol. The van der Waals surface area contributed by atoms with Crippen LogP contribution in [0.5, 0.6) is 0 Å². The molecule has 0 amide bonds. The average molecular weight is 256 g/mol. The van der Waals surface area contributed by atoms with Gasteiger partial charge in [-0.25, -0.2) is 9.97 Å². The third-order valence-electron chi connectivity index (χ3n) is 2.36. The fourth-order valence-corrected chi connectivity index (χ4v) is 1.91. The average Bonchev–Trinajstić information content (AvgIpc) is 2.86. The van der Waals surface area contributed by atoms with Crippen LogP contribution in [0.15, 0.2) is 10.7 Å². The summed E-state index contributed by atoms with van der Waals surface area (Å²) in [7, 11) is 0. The summed E-state index contributed by atoms with van der Waals surface area (Å²) >= 11 is 3.36. The van der Waals surface area contributed by atoms with E-state index in [1.807, 2.05) is 13.0 Å². The van der Waals surface area contributed by atoms with Crippen molar-refractivity contribution in [2.45, 2.75) is 26.2 Å². The zero-order chi connectivity index (χ0) is 9.97. The van der Waals surface area contributed by atoms with Crippen molar-refractivity contribution in [3.63, 3.8) is 0 Å². The Morgan fingerprint density at radius 3 is 2.93 bits per heavy atom. The summed E-state index contributed by atoms with van der Waals surface area (Å²) in [5.74, 6) is 2.69. The molecule has 1 N–H and O–H groups in total. The maximum absolute atomic E-state index is 4.30. The molecule has 14 heavy (non-hydrogen) atoms. The third kappa shape index (κ3) is 2.94. The Morgan fingerprint density at radius 2 is 2.29 bits per heavy atom.